The van der Waals surface area contributed by atoms with Crippen molar-refractivity contribution in [1.82, 2.24) is 20.3 Å². The van der Waals surface area contributed by atoms with E-state index >= 15 is 0 Å². The van der Waals surface area contributed by atoms with Gasteiger partial charge >= 0.3 is 0 Å². The molecule has 1 N–H and O–H groups in total. The summed E-state index contributed by atoms with van der Waals surface area (Å²) in [6.07, 6.45) is 1.49. The van der Waals surface area contributed by atoms with Crippen LogP contribution < -0.4 is 5.32 Å². The molecule has 2 aromatic rings. The second-order valence-electron chi connectivity index (χ2n) is 4.24. The average Bonchev–Trinajstić information content (AvgIpc) is 2.74. The molecule has 2 rings (SSSR count). The molecule has 0 aliphatic carbocycles. The first-order valence-corrected chi connectivity index (χ1v) is 5.67. The van der Waals surface area contributed by atoms with E-state index in [1.807, 2.05) is 13.8 Å². The van der Waals surface area contributed by atoms with Gasteiger partial charge in [0.05, 0.1) is 11.9 Å². The monoisotopic (exact) mass is 252 g/mol. The maximum Gasteiger partial charge on any atom is 0.151 e. The summed E-state index contributed by atoms with van der Waals surface area (Å²) in [5.41, 5.74) is 0.406. The Bertz CT molecular complexity index is 516. The third kappa shape index (κ3) is 2.53. The lowest BCUT2D eigenvalue weighted by atomic mass is 10.3. The average molecular weight is 252 g/mol. The lowest BCUT2D eigenvalue weighted by molar-refractivity contribution is 0.535. The molecule has 0 atom stereocenters. The molecule has 0 bridgehead atoms. The van der Waals surface area contributed by atoms with E-state index < -0.39 is 11.6 Å². The predicted molar refractivity (Wildman–Crippen MR) is 63.3 cm³/mol. The standard InChI is InChI=1S/C12H14F2N4/c1-8(2)15-6-9-7-16-17-18(9)12-10(13)4-3-5-11(12)14/h3-5,7-8,15H,6H2,1-2H3. The maximum absolute atomic E-state index is 13.6. The molecule has 1 aromatic heterocycles. The first kappa shape index (κ1) is 12.6. The number of hydrogen-bond acceptors (Lipinski definition) is 3. The lowest BCUT2D eigenvalue weighted by Gasteiger charge is -2.10. The van der Waals surface area contributed by atoms with Crippen LogP contribution in [0.1, 0.15) is 19.5 Å². The largest absolute Gasteiger partial charge is 0.309 e. The van der Waals surface area contributed by atoms with E-state index in [2.05, 4.69) is 15.6 Å². The molecule has 96 valence electrons. The highest BCUT2D eigenvalue weighted by Crippen LogP contribution is 2.17. The minimum atomic E-state index is -0.661. The summed E-state index contributed by atoms with van der Waals surface area (Å²) in [5.74, 6) is -1.32. The molecule has 0 radical (unpaired) electrons. The fourth-order valence-corrected chi connectivity index (χ4v) is 1.57. The van der Waals surface area contributed by atoms with Crippen molar-refractivity contribution < 1.29 is 8.78 Å². The SMILES string of the molecule is CC(C)NCc1cnnn1-c1c(F)cccc1F. The molecule has 0 fully saturated rings. The molecule has 4 nitrogen and oxygen atoms in total. The fourth-order valence-electron chi connectivity index (χ4n) is 1.57. The summed E-state index contributed by atoms with van der Waals surface area (Å²) in [6.45, 7) is 4.41. The van der Waals surface area contributed by atoms with Crippen LogP contribution in [0, 0.1) is 11.6 Å². The molecule has 0 aliphatic rings. The Morgan fingerprint density at radius 2 is 1.94 bits per heavy atom. The second kappa shape index (κ2) is 5.22. The molecule has 0 saturated heterocycles. The van der Waals surface area contributed by atoms with Crippen LogP contribution in [-0.2, 0) is 6.54 Å². The van der Waals surface area contributed by atoms with Gasteiger partial charge < -0.3 is 5.32 Å². The Balaban J connectivity index is 2.36. The molecule has 6 heteroatoms. The van der Waals surface area contributed by atoms with Crippen LogP contribution in [0.15, 0.2) is 24.4 Å². The van der Waals surface area contributed by atoms with Gasteiger partial charge in [-0.1, -0.05) is 25.1 Å². The summed E-state index contributed by atoms with van der Waals surface area (Å²) >= 11 is 0. The van der Waals surface area contributed by atoms with Crippen molar-refractivity contribution >= 4 is 0 Å². The highest BCUT2D eigenvalue weighted by Gasteiger charge is 2.15. The van der Waals surface area contributed by atoms with Gasteiger partial charge in [0.1, 0.15) is 5.69 Å². The van der Waals surface area contributed by atoms with E-state index in [-0.39, 0.29) is 11.7 Å². The van der Waals surface area contributed by atoms with E-state index in [9.17, 15) is 8.78 Å². The van der Waals surface area contributed by atoms with E-state index in [0.717, 1.165) is 0 Å². The van der Waals surface area contributed by atoms with Crippen molar-refractivity contribution in [2.45, 2.75) is 26.4 Å². The van der Waals surface area contributed by atoms with E-state index in [1.54, 1.807) is 0 Å². The highest BCUT2D eigenvalue weighted by atomic mass is 19.1. The molecule has 0 spiro atoms. The molecule has 0 amide bonds. The Kier molecular flexibility index (Phi) is 3.66. The van der Waals surface area contributed by atoms with Gasteiger partial charge in [-0.2, -0.15) is 0 Å². The number of nitrogens with one attached hydrogen (secondary N) is 1. The van der Waals surface area contributed by atoms with Gasteiger partial charge in [-0.25, -0.2) is 13.5 Å². The Labute approximate surface area is 104 Å². The topological polar surface area (TPSA) is 42.7 Å². The molecular weight excluding hydrogens is 238 g/mol. The van der Waals surface area contributed by atoms with Crippen molar-refractivity contribution in [2.24, 2.45) is 0 Å². The van der Waals surface area contributed by atoms with Crippen molar-refractivity contribution in [2.75, 3.05) is 0 Å². The highest BCUT2D eigenvalue weighted by molar-refractivity contribution is 5.35. The molecular formula is C12H14F2N4. The van der Waals surface area contributed by atoms with Crippen molar-refractivity contribution in [3.8, 4) is 5.69 Å². The Morgan fingerprint density at radius 1 is 1.28 bits per heavy atom. The number of halogens is 2. The van der Waals surface area contributed by atoms with Gasteiger partial charge in [0.25, 0.3) is 0 Å². The van der Waals surface area contributed by atoms with Gasteiger partial charge in [0.2, 0.25) is 0 Å². The van der Waals surface area contributed by atoms with Crippen molar-refractivity contribution in [3.05, 3.63) is 41.7 Å². The van der Waals surface area contributed by atoms with Crippen LogP contribution in [0.4, 0.5) is 8.78 Å². The van der Waals surface area contributed by atoms with Crippen molar-refractivity contribution in [1.29, 1.82) is 0 Å². The third-order valence-corrected chi connectivity index (χ3v) is 2.46. The van der Waals surface area contributed by atoms with Crippen LogP contribution in [-0.4, -0.2) is 21.0 Å². The van der Waals surface area contributed by atoms with Crippen LogP contribution in [0.2, 0.25) is 0 Å². The number of hydrogen-bond donors (Lipinski definition) is 1. The van der Waals surface area contributed by atoms with E-state index in [4.69, 9.17) is 0 Å². The fraction of sp³-hybridized carbons (Fsp3) is 0.333. The number of nitrogens with zero attached hydrogens (tertiary/aromatic N) is 3. The smallest absolute Gasteiger partial charge is 0.151 e. The van der Waals surface area contributed by atoms with Crippen LogP contribution in [0.25, 0.3) is 5.69 Å². The molecule has 0 unspecified atom stereocenters. The summed E-state index contributed by atoms with van der Waals surface area (Å²) in [7, 11) is 0. The maximum atomic E-state index is 13.6. The Morgan fingerprint density at radius 3 is 2.56 bits per heavy atom. The van der Waals surface area contributed by atoms with Crippen LogP contribution in [0.3, 0.4) is 0 Å². The summed E-state index contributed by atoms with van der Waals surface area (Å²) < 4.78 is 28.5. The van der Waals surface area contributed by atoms with Crippen LogP contribution in [0.5, 0.6) is 0 Å². The number of benzene rings is 1. The molecule has 1 aromatic carbocycles. The van der Waals surface area contributed by atoms with E-state index in [1.165, 1.54) is 29.1 Å². The predicted octanol–water partition coefficient (Wildman–Crippen LogP) is 2.04. The second-order valence-corrected chi connectivity index (χ2v) is 4.24. The van der Waals surface area contributed by atoms with Gasteiger partial charge in [-0.3, -0.25) is 0 Å². The van der Waals surface area contributed by atoms with E-state index in [0.29, 0.717) is 12.2 Å². The number of para-hydroxylation sites is 1. The number of rotatable bonds is 4. The van der Waals surface area contributed by atoms with Gasteiger partial charge in [0, 0.05) is 12.6 Å². The normalized spacial score (nSPS) is 11.2. The minimum absolute atomic E-state index is 0.199. The van der Waals surface area contributed by atoms with Gasteiger partial charge in [0.15, 0.2) is 11.6 Å². The molecule has 18 heavy (non-hydrogen) atoms. The summed E-state index contributed by atoms with van der Waals surface area (Å²) in [6, 6.07) is 3.97. The summed E-state index contributed by atoms with van der Waals surface area (Å²) in [4.78, 5) is 0. The first-order chi connectivity index (χ1) is 8.59. The minimum Gasteiger partial charge on any atom is -0.309 e. The zero-order chi connectivity index (χ0) is 13.1. The number of aromatic nitrogens is 3. The summed E-state index contributed by atoms with van der Waals surface area (Å²) in [5, 5.41) is 10.6. The van der Waals surface area contributed by atoms with Gasteiger partial charge in [-0.15, -0.1) is 5.10 Å². The molecule has 0 saturated carbocycles. The third-order valence-electron chi connectivity index (χ3n) is 2.46. The zero-order valence-electron chi connectivity index (χ0n) is 10.2. The molecule has 1 heterocycles. The molecule has 0 aliphatic heterocycles. The van der Waals surface area contributed by atoms with Crippen LogP contribution >= 0.6 is 0 Å². The Hall–Kier alpha value is -1.82. The lowest BCUT2D eigenvalue weighted by Crippen LogP contribution is -2.23. The zero-order valence-corrected chi connectivity index (χ0v) is 10.2. The first-order valence-electron chi connectivity index (χ1n) is 5.67. The van der Waals surface area contributed by atoms with Crippen molar-refractivity contribution in [3.63, 3.8) is 0 Å². The quantitative estimate of drug-likeness (QED) is 0.905. The van der Waals surface area contributed by atoms with Gasteiger partial charge in [-0.05, 0) is 12.1 Å².